The predicted molar refractivity (Wildman–Crippen MR) is 91.3 cm³/mol. The number of ether oxygens (including phenoxy) is 1. The third-order valence-corrected chi connectivity index (χ3v) is 4.47. The maximum atomic E-state index is 12.6. The van der Waals surface area contributed by atoms with Gasteiger partial charge in [0.1, 0.15) is 0 Å². The molecule has 1 aliphatic rings. The second kappa shape index (κ2) is 7.59. The van der Waals surface area contributed by atoms with Gasteiger partial charge in [-0.1, -0.05) is 24.3 Å². The second-order valence-electron chi connectivity index (χ2n) is 6.29. The van der Waals surface area contributed by atoms with E-state index in [9.17, 15) is 4.79 Å². The zero-order valence-electron chi connectivity index (χ0n) is 14.2. The number of hydrogen-bond donors (Lipinski definition) is 2. The number of aryl methyl sites for hydroxylation is 1. The molecule has 3 rings (SSSR count). The summed E-state index contributed by atoms with van der Waals surface area (Å²) < 4.78 is 6.93. The van der Waals surface area contributed by atoms with Crippen LogP contribution < -0.4 is 10.6 Å². The van der Waals surface area contributed by atoms with Crippen LogP contribution in [0.2, 0.25) is 0 Å². The molecule has 24 heavy (non-hydrogen) atoms. The first-order valence-corrected chi connectivity index (χ1v) is 8.21. The van der Waals surface area contributed by atoms with Crippen molar-refractivity contribution >= 4 is 5.91 Å². The van der Waals surface area contributed by atoms with Crippen LogP contribution in [0.5, 0.6) is 0 Å². The van der Waals surface area contributed by atoms with Crippen LogP contribution in [0.1, 0.15) is 22.6 Å². The van der Waals surface area contributed by atoms with Crippen molar-refractivity contribution in [1.29, 1.82) is 0 Å². The molecule has 0 bridgehead atoms. The molecule has 1 amide bonds. The van der Waals surface area contributed by atoms with Gasteiger partial charge in [-0.3, -0.25) is 9.48 Å². The van der Waals surface area contributed by atoms with Crippen LogP contribution >= 0.6 is 0 Å². The molecule has 1 aromatic carbocycles. The van der Waals surface area contributed by atoms with Crippen LogP contribution in [0.4, 0.5) is 0 Å². The Morgan fingerprint density at radius 1 is 1.42 bits per heavy atom. The zero-order chi connectivity index (χ0) is 16.9. The van der Waals surface area contributed by atoms with Crippen LogP contribution in [-0.2, 0) is 29.7 Å². The molecule has 0 radical (unpaired) electrons. The van der Waals surface area contributed by atoms with Gasteiger partial charge in [-0.15, -0.1) is 0 Å². The van der Waals surface area contributed by atoms with E-state index in [0.29, 0.717) is 19.7 Å². The van der Waals surface area contributed by atoms with Gasteiger partial charge in [0.05, 0.1) is 18.7 Å². The molecule has 1 aromatic heterocycles. The summed E-state index contributed by atoms with van der Waals surface area (Å²) in [5.41, 5.74) is 3.31. The van der Waals surface area contributed by atoms with Crippen molar-refractivity contribution in [3.05, 3.63) is 53.3 Å². The van der Waals surface area contributed by atoms with E-state index in [2.05, 4.69) is 21.8 Å². The van der Waals surface area contributed by atoms with Gasteiger partial charge in [0.15, 0.2) is 0 Å². The van der Waals surface area contributed by atoms with Gasteiger partial charge < -0.3 is 15.4 Å². The van der Waals surface area contributed by atoms with Crippen molar-refractivity contribution in [2.24, 2.45) is 13.0 Å². The average Bonchev–Trinajstić information content (AvgIpc) is 3.22. The quantitative estimate of drug-likeness (QED) is 0.836. The van der Waals surface area contributed by atoms with Crippen molar-refractivity contribution in [3.63, 3.8) is 0 Å². The highest BCUT2D eigenvalue weighted by molar-refractivity contribution is 5.80. The van der Waals surface area contributed by atoms with E-state index in [1.54, 1.807) is 11.8 Å². The molecule has 2 heterocycles. The Morgan fingerprint density at radius 2 is 2.25 bits per heavy atom. The summed E-state index contributed by atoms with van der Waals surface area (Å²) in [4.78, 5) is 12.6. The van der Waals surface area contributed by atoms with E-state index in [1.165, 1.54) is 0 Å². The lowest BCUT2D eigenvalue weighted by Gasteiger charge is -2.17. The SMILES string of the molecule is COCc1cccc(CNC(=O)[C@H]2CNC[C@@H]2c2cnn(C)c2)c1. The Kier molecular flexibility index (Phi) is 5.27. The number of amides is 1. The molecule has 1 saturated heterocycles. The Labute approximate surface area is 142 Å². The fourth-order valence-electron chi connectivity index (χ4n) is 3.25. The van der Waals surface area contributed by atoms with Crippen molar-refractivity contribution in [2.75, 3.05) is 20.2 Å². The van der Waals surface area contributed by atoms with Crippen molar-refractivity contribution in [2.45, 2.75) is 19.1 Å². The van der Waals surface area contributed by atoms with Gasteiger partial charge >= 0.3 is 0 Å². The van der Waals surface area contributed by atoms with E-state index in [-0.39, 0.29) is 17.7 Å². The Balaban J connectivity index is 1.61. The normalized spacial score (nSPS) is 20.2. The molecule has 2 aromatic rings. The molecule has 128 valence electrons. The predicted octanol–water partition coefficient (Wildman–Crippen LogP) is 1.19. The highest BCUT2D eigenvalue weighted by Crippen LogP contribution is 2.27. The smallest absolute Gasteiger partial charge is 0.225 e. The molecule has 6 heteroatoms. The topological polar surface area (TPSA) is 68.2 Å². The minimum Gasteiger partial charge on any atom is -0.380 e. The first-order valence-electron chi connectivity index (χ1n) is 8.21. The number of rotatable bonds is 6. The lowest BCUT2D eigenvalue weighted by Crippen LogP contribution is -2.34. The Hall–Kier alpha value is -2.18. The number of nitrogens with one attached hydrogen (secondary N) is 2. The highest BCUT2D eigenvalue weighted by atomic mass is 16.5. The van der Waals surface area contributed by atoms with Crippen LogP contribution in [0.15, 0.2) is 36.7 Å². The molecule has 0 unspecified atom stereocenters. The first kappa shape index (κ1) is 16.7. The lowest BCUT2D eigenvalue weighted by atomic mass is 9.90. The summed E-state index contributed by atoms with van der Waals surface area (Å²) in [6.07, 6.45) is 3.85. The molecule has 0 spiro atoms. The summed E-state index contributed by atoms with van der Waals surface area (Å²) in [5.74, 6) is 0.209. The standard InChI is InChI=1S/C18H24N4O2/c1-22-11-15(8-21-22)16-9-19-10-17(16)18(23)20-7-13-4-3-5-14(6-13)12-24-2/h3-6,8,11,16-17,19H,7,9-10,12H2,1-2H3,(H,20,23)/t16-,17+/m1/s1. The minimum atomic E-state index is -0.0589. The number of carbonyl (C=O) groups excluding carboxylic acids is 1. The van der Waals surface area contributed by atoms with Crippen LogP contribution in [0, 0.1) is 5.92 Å². The highest BCUT2D eigenvalue weighted by Gasteiger charge is 2.34. The van der Waals surface area contributed by atoms with Gasteiger partial charge in [0, 0.05) is 45.9 Å². The summed E-state index contributed by atoms with van der Waals surface area (Å²) in [7, 11) is 3.58. The molecule has 1 aliphatic heterocycles. The van der Waals surface area contributed by atoms with Crippen molar-refractivity contribution in [3.8, 4) is 0 Å². The summed E-state index contributed by atoms with van der Waals surface area (Å²) >= 11 is 0. The summed E-state index contributed by atoms with van der Waals surface area (Å²) in [5, 5.41) is 10.6. The van der Waals surface area contributed by atoms with E-state index in [0.717, 1.165) is 23.2 Å². The molecule has 0 saturated carbocycles. The van der Waals surface area contributed by atoms with Crippen molar-refractivity contribution < 1.29 is 9.53 Å². The number of benzene rings is 1. The molecule has 2 atom stereocenters. The first-order chi connectivity index (χ1) is 11.7. The number of nitrogens with zero attached hydrogens (tertiary/aromatic N) is 2. The van der Waals surface area contributed by atoms with E-state index < -0.39 is 0 Å². The van der Waals surface area contributed by atoms with Gasteiger partial charge in [-0.05, 0) is 16.7 Å². The maximum absolute atomic E-state index is 12.6. The largest absolute Gasteiger partial charge is 0.380 e. The molecule has 6 nitrogen and oxygen atoms in total. The monoisotopic (exact) mass is 328 g/mol. The summed E-state index contributed by atoms with van der Waals surface area (Å²) in [6, 6.07) is 8.10. The lowest BCUT2D eigenvalue weighted by molar-refractivity contribution is -0.125. The minimum absolute atomic E-state index is 0.0589. The van der Waals surface area contributed by atoms with Gasteiger partial charge in [-0.25, -0.2) is 0 Å². The maximum Gasteiger partial charge on any atom is 0.225 e. The number of methoxy groups -OCH3 is 1. The summed E-state index contributed by atoms with van der Waals surface area (Å²) in [6.45, 7) is 2.63. The number of carbonyl (C=O) groups is 1. The number of aromatic nitrogens is 2. The van der Waals surface area contributed by atoms with E-state index >= 15 is 0 Å². The molecular formula is C18H24N4O2. The second-order valence-corrected chi connectivity index (χ2v) is 6.29. The van der Waals surface area contributed by atoms with Crippen molar-refractivity contribution in [1.82, 2.24) is 20.4 Å². The fourth-order valence-corrected chi connectivity index (χ4v) is 3.25. The van der Waals surface area contributed by atoms with Gasteiger partial charge in [0.2, 0.25) is 5.91 Å². The Morgan fingerprint density at radius 3 is 3.00 bits per heavy atom. The van der Waals surface area contributed by atoms with Crippen LogP contribution in [-0.4, -0.2) is 35.9 Å². The zero-order valence-corrected chi connectivity index (χ0v) is 14.2. The molecule has 2 N–H and O–H groups in total. The van der Waals surface area contributed by atoms with Crippen LogP contribution in [0.3, 0.4) is 0 Å². The number of hydrogen-bond acceptors (Lipinski definition) is 4. The Bertz CT molecular complexity index is 698. The van der Waals surface area contributed by atoms with E-state index in [4.69, 9.17) is 4.74 Å². The van der Waals surface area contributed by atoms with E-state index in [1.807, 2.05) is 37.6 Å². The molecular weight excluding hydrogens is 304 g/mol. The average molecular weight is 328 g/mol. The van der Waals surface area contributed by atoms with Gasteiger partial charge in [0.25, 0.3) is 0 Å². The fraction of sp³-hybridized carbons (Fsp3) is 0.444. The third-order valence-electron chi connectivity index (χ3n) is 4.47. The molecule has 0 aliphatic carbocycles. The van der Waals surface area contributed by atoms with Gasteiger partial charge in [-0.2, -0.15) is 5.10 Å². The third kappa shape index (κ3) is 3.83. The molecule has 1 fully saturated rings. The van der Waals surface area contributed by atoms with Crippen LogP contribution in [0.25, 0.3) is 0 Å².